The lowest BCUT2D eigenvalue weighted by atomic mass is 10.0. The van der Waals surface area contributed by atoms with Crippen LogP contribution >= 0.6 is 0 Å². The zero-order chi connectivity index (χ0) is 14.5. The average molecular weight is 275 g/mol. The largest absolute Gasteiger partial charge is 0.483 e. The molecule has 0 bridgehead atoms. The molecule has 5 nitrogen and oxygen atoms in total. The van der Waals surface area contributed by atoms with E-state index >= 15 is 0 Å². The second-order valence-corrected chi connectivity index (χ2v) is 5.11. The quantitative estimate of drug-likeness (QED) is 0.849. The van der Waals surface area contributed by atoms with Crippen molar-refractivity contribution in [2.24, 2.45) is 15.9 Å². The summed E-state index contributed by atoms with van der Waals surface area (Å²) in [5.74, 6) is 1.67. The van der Waals surface area contributed by atoms with E-state index in [4.69, 9.17) is 9.47 Å². The first-order valence-corrected chi connectivity index (χ1v) is 6.78. The molecule has 108 valence electrons. The fourth-order valence-electron chi connectivity index (χ4n) is 2.24. The highest BCUT2D eigenvalue weighted by atomic mass is 16.5. The van der Waals surface area contributed by atoms with Gasteiger partial charge in [0, 0.05) is 18.8 Å². The number of ether oxygens (including phenoxy) is 2. The van der Waals surface area contributed by atoms with E-state index in [1.165, 1.54) is 0 Å². The van der Waals surface area contributed by atoms with Gasteiger partial charge in [-0.25, -0.2) is 9.98 Å². The highest BCUT2D eigenvalue weighted by Crippen LogP contribution is 2.19. The number of hydrogen-bond acceptors (Lipinski definition) is 5. The van der Waals surface area contributed by atoms with Crippen LogP contribution in [0.15, 0.2) is 34.5 Å². The van der Waals surface area contributed by atoms with E-state index in [1.807, 2.05) is 12.1 Å². The lowest BCUT2D eigenvalue weighted by molar-refractivity contribution is 0.332. The molecule has 1 aliphatic heterocycles. The molecule has 0 N–H and O–H groups in total. The number of aromatic nitrogens is 1. The Bertz CT molecular complexity index is 497. The van der Waals surface area contributed by atoms with Crippen LogP contribution in [0, 0.1) is 5.92 Å². The molecule has 1 aromatic heterocycles. The summed E-state index contributed by atoms with van der Waals surface area (Å²) in [6.07, 6.45) is 4.28. The molecule has 1 aromatic rings. The van der Waals surface area contributed by atoms with Gasteiger partial charge >= 0.3 is 0 Å². The maximum absolute atomic E-state index is 5.42. The van der Waals surface area contributed by atoms with Gasteiger partial charge in [-0.1, -0.05) is 13.8 Å². The lowest BCUT2D eigenvalue weighted by Crippen LogP contribution is -2.38. The SMILES string of the molecule is COC1=N[C@H](Cc2ccncc2)C(OC)=N[C@H]1C(C)C. The Morgan fingerprint density at radius 2 is 1.70 bits per heavy atom. The predicted octanol–water partition coefficient (Wildman–Crippen LogP) is 2.12. The van der Waals surface area contributed by atoms with Crippen LogP contribution in [-0.4, -0.2) is 43.1 Å². The molecular formula is C15H21N3O2. The second-order valence-electron chi connectivity index (χ2n) is 5.11. The van der Waals surface area contributed by atoms with E-state index in [0.717, 1.165) is 12.0 Å². The molecule has 0 fully saturated rings. The van der Waals surface area contributed by atoms with Crippen LogP contribution in [0.3, 0.4) is 0 Å². The fourth-order valence-corrected chi connectivity index (χ4v) is 2.24. The van der Waals surface area contributed by atoms with Gasteiger partial charge in [-0.05, 0) is 23.6 Å². The van der Waals surface area contributed by atoms with Gasteiger partial charge in [0.05, 0.1) is 14.2 Å². The highest BCUT2D eigenvalue weighted by molar-refractivity contribution is 5.94. The summed E-state index contributed by atoms with van der Waals surface area (Å²) in [6.45, 7) is 4.19. The zero-order valence-corrected chi connectivity index (χ0v) is 12.4. The van der Waals surface area contributed by atoms with Crippen LogP contribution in [0.2, 0.25) is 0 Å². The van der Waals surface area contributed by atoms with Crippen molar-refractivity contribution in [2.45, 2.75) is 32.4 Å². The topological polar surface area (TPSA) is 56.1 Å². The van der Waals surface area contributed by atoms with Crippen molar-refractivity contribution in [1.82, 2.24) is 4.98 Å². The van der Waals surface area contributed by atoms with Crippen molar-refractivity contribution < 1.29 is 9.47 Å². The maximum atomic E-state index is 5.42. The molecule has 2 heterocycles. The van der Waals surface area contributed by atoms with Crippen molar-refractivity contribution in [3.05, 3.63) is 30.1 Å². The monoisotopic (exact) mass is 275 g/mol. The molecular weight excluding hydrogens is 254 g/mol. The predicted molar refractivity (Wildman–Crippen MR) is 79.2 cm³/mol. The molecule has 1 aliphatic rings. The van der Waals surface area contributed by atoms with Gasteiger partial charge in [-0.2, -0.15) is 0 Å². The molecule has 0 amide bonds. The third-order valence-electron chi connectivity index (χ3n) is 3.32. The Morgan fingerprint density at radius 1 is 1.05 bits per heavy atom. The lowest BCUT2D eigenvalue weighted by Gasteiger charge is -2.27. The Balaban J connectivity index is 2.23. The standard InChI is InChI=1S/C15H21N3O2/c1-10(2)13-15(20-4)17-12(14(18-13)19-3)9-11-5-7-16-8-6-11/h5-8,10,12-13H,9H2,1-4H3/t12-,13+/m1/s1. The van der Waals surface area contributed by atoms with E-state index in [9.17, 15) is 0 Å². The Morgan fingerprint density at radius 3 is 2.25 bits per heavy atom. The first kappa shape index (κ1) is 14.5. The van der Waals surface area contributed by atoms with Crippen LogP contribution in [0.4, 0.5) is 0 Å². The van der Waals surface area contributed by atoms with E-state index in [0.29, 0.717) is 17.7 Å². The zero-order valence-electron chi connectivity index (χ0n) is 12.4. The number of nitrogens with zero attached hydrogens (tertiary/aromatic N) is 3. The van der Waals surface area contributed by atoms with Crippen LogP contribution in [0.1, 0.15) is 19.4 Å². The molecule has 2 atom stereocenters. The van der Waals surface area contributed by atoms with E-state index in [2.05, 4.69) is 28.8 Å². The summed E-state index contributed by atoms with van der Waals surface area (Å²) in [5, 5.41) is 0. The number of hydrogen-bond donors (Lipinski definition) is 0. The minimum absolute atomic E-state index is 0.0661. The molecule has 0 saturated carbocycles. The van der Waals surface area contributed by atoms with Gasteiger partial charge in [-0.15, -0.1) is 0 Å². The highest BCUT2D eigenvalue weighted by Gasteiger charge is 2.30. The van der Waals surface area contributed by atoms with E-state index in [-0.39, 0.29) is 12.1 Å². The second kappa shape index (κ2) is 6.50. The maximum Gasteiger partial charge on any atom is 0.209 e. The summed E-state index contributed by atoms with van der Waals surface area (Å²) < 4.78 is 10.8. The Kier molecular flexibility index (Phi) is 4.71. The van der Waals surface area contributed by atoms with Crippen LogP contribution in [-0.2, 0) is 15.9 Å². The van der Waals surface area contributed by atoms with Gasteiger partial charge in [0.25, 0.3) is 0 Å². The first-order valence-electron chi connectivity index (χ1n) is 6.78. The van der Waals surface area contributed by atoms with Crippen molar-refractivity contribution in [3.8, 4) is 0 Å². The molecule has 0 spiro atoms. The molecule has 20 heavy (non-hydrogen) atoms. The average Bonchev–Trinajstić information content (AvgIpc) is 2.47. The normalized spacial score (nSPS) is 22.2. The molecule has 0 radical (unpaired) electrons. The van der Waals surface area contributed by atoms with Gasteiger partial charge < -0.3 is 9.47 Å². The number of rotatable bonds is 3. The van der Waals surface area contributed by atoms with Crippen LogP contribution in [0.25, 0.3) is 0 Å². The van der Waals surface area contributed by atoms with E-state index in [1.54, 1.807) is 26.6 Å². The summed E-state index contributed by atoms with van der Waals surface area (Å²) in [7, 11) is 3.29. The molecule has 0 aliphatic carbocycles. The van der Waals surface area contributed by atoms with Crippen molar-refractivity contribution >= 4 is 11.8 Å². The summed E-state index contributed by atoms with van der Waals surface area (Å²) in [4.78, 5) is 13.3. The molecule has 0 saturated heterocycles. The third kappa shape index (κ3) is 3.15. The molecule has 0 aromatic carbocycles. The summed E-state index contributed by atoms with van der Waals surface area (Å²) in [6, 6.07) is 3.75. The summed E-state index contributed by atoms with van der Waals surface area (Å²) >= 11 is 0. The molecule has 0 unspecified atom stereocenters. The minimum atomic E-state index is -0.132. The van der Waals surface area contributed by atoms with Crippen molar-refractivity contribution in [3.63, 3.8) is 0 Å². The fraction of sp³-hybridized carbons (Fsp3) is 0.533. The van der Waals surface area contributed by atoms with Gasteiger partial charge in [0.15, 0.2) is 0 Å². The van der Waals surface area contributed by atoms with E-state index < -0.39 is 0 Å². The summed E-state index contributed by atoms with van der Waals surface area (Å²) in [5.41, 5.74) is 1.15. The third-order valence-corrected chi connectivity index (χ3v) is 3.32. The number of pyridine rings is 1. The first-order chi connectivity index (χ1) is 9.65. The molecule has 5 heteroatoms. The minimum Gasteiger partial charge on any atom is -0.483 e. The van der Waals surface area contributed by atoms with Gasteiger partial charge in [-0.3, -0.25) is 4.98 Å². The smallest absolute Gasteiger partial charge is 0.209 e. The Hall–Kier alpha value is -1.91. The van der Waals surface area contributed by atoms with Crippen LogP contribution < -0.4 is 0 Å². The molecule has 2 rings (SSSR count). The number of methoxy groups -OCH3 is 2. The number of aliphatic imine (C=N–C) groups is 2. The van der Waals surface area contributed by atoms with Crippen molar-refractivity contribution in [1.29, 1.82) is 0 Å². The van der Waals surface area contributed by atoms with Crippen molar-refractivity contribution in [2.75, 3.05) is 14.2 Å². The van der Waals surface area contributed by atoms with Gasteiger partial charge in [0.2, 0.25) is 11.8 Å². The van der Waals surface area contributed by atoms with Gasteiger partial charge in [0.1, 0.15) is 12.1 Å². The van der Waals surface area contributed by atoms with Crippen LogP contribution in [0.5, 0.6) is 0 Å². The Labute approximate surface area is 119 Å².